The molecule has 70 valence electrons. The number of halogens is 1. The first kappa shape index (κ1) is 10.2. The monoisotopic (exact) mass is 234 g/mol. The SMILES string of the molecule is CC(C)(C)OC1OCCC=C1Br. The number of rotatable bonds is 1. The fourth-order valence-electron chi connectivity index (χ4n) is 0.959. The van der Waals surface area contributed by atoms with E-state index < -0.39 is 0 Å². The molecule has 1 aliphatic rings. The highest BCUT2D eigenvalue weighted by molar-refractivity contribution is 9.11. The van der Waals surface area contributed by atoms with Crippen molar-refractivity contribution in [3.63, 3.8) is 0 Å². The summed E-state index contributed by atoms with van der Waals surface area (Å²) in [5.74, 6) is 0. The predicted octanol–water partition coefficient (Wildman–Crippen LogP) is 2.83. The largest absolute Gasteiger partial charge is 0.348 e. The van der Waals surface area contributed by atoms with Crippen LogP contribution in [0.1, 0.15) is 27.2 Å². The first-order valence-corrected chi connectivity index (χ1v) is 4.93. The Morgan fingerprint density at radius 3 is 2.75 bits per heavy atom. The Morgan fingerprint density at radius 2 is 2.25 bits per heavy atom. The molecule has 0 aromatic carbocycles. The van der Waals surface area contributed by atoms with Gasteiger partial charge < -0.3 is 9.47 Å². The van der Waals surface area contributed by atoms with E-state index in [2.05, 4.69) is 22.0 Å². The van der Waals surface area contributed by atoms with Crippen molar-refractivity contribution in [2.45, 2.75) is 39.1 Å². The Bertz CT molecular complexity index is 181. The zero-order valence-electron chi connectivity index (χ0n) is 7.76. The second-order valence-electron chi connectivity index (χ2n) is 3.81. The van der Waals surface area contributed by atoms with E-state index in [4.69, 9.17) is 9.47 Å². The molecule has 0 aliphatic carbocycles. The Labute approximate surface area is 82.1 Å². The molecule has 0 amide bonds. The van der Waals surface area contributed by atoms with E-state index in [0.29, 0.717) is 0 Å². The Hall–Kier alpha value is 0.140. The lowest BCUT2D eigenvalue weighted by Gasteiger charge is -2.29. The van der Waals surface area contributed by atoms with Crippen LogP contribution in [0.4, 0.5) is 0 Å². The Morgan fingerprint density at radius 1 is 1.58 bits per heavy atom. The summed E-state index contributed by atoms with van der Waals surface area (Å²) in [7, 11) is 0. The van der Waals surface area contributed by atoms with Crippen molar-refractivity contribution in [1.82, 2.24) is 0 Å². The molecule has 0 fully saturated rings. The van der Waals surface area contributed by atoms with Gasteiger partial charge in [0.25, 0.3) is 0 Å². The summed E-state index contributed by atoms with van der Waals surface area (Å²) in [5.41, 5.74) is -0.158. The second-order valence-corrected chi connectivity index (χ2v) is 4.73. The minimum atomic E-state index is -0.209. The van der Waals surface area contributed by atoms with Crippen molar-refractivity contribution in [3.05, 3.63) is 10.6 Å². The summed E-state index contributed by atoms with van der Waals surface area (Å²) in [6.45, 7) is 6.80. The normalized spacial score (nSPS) is 25.3. The highest BCUT2D eigenvalue weighted by atomic mass is 79.9. The van der Waals surface area contributed by atoms with E-state index in [1.54, 1.807) is 0 Å². The summed E-state index contributed by atoms with van der Waals surface area (Å²) in [6, 6.07) is 0. The lowest BCUT2D eigenvalue weighted by Crippen LogP contribution is -2.31. The number of ether oxygens (including phenoxy) is 2. The van der Waals surface area contributed by atoms with E-state index in [1.165, 1.54) is 0 Å². The van der Waals surface area contributed by atoms with Gasteiger partial charge in [-0.1, -0.05) is 22.0 Å². The number of hydrogen-bond donors (Lipinski definition) is 0. The molecule has 1 atom stereocenters. The molecule has 1 heterocycles. The molecular weight excluding hydrogens is 220 g/mol. The predicted molar refractivity (Wildman–Crippen MR) is 52.2 cm³/mol. The molecule has 1 unspecified atom stereocenters. The minimum Gasteiger partial charge on any atom is -0.348 e. The third-order valence-corrected chi connectivity index (χ3v) is 2.11. The average Bonchev–Trinajstić information content (AvgIpc) is 1.91. The maximum Gasteiger partial charge on any atom is 0.190 e. The standard InChI is InChI=1S/C9H15BrO2/c1-9(2,3)12-8-7(10)5-4-6-11-8/h5,8H,4,6H2,1-3H3. The minimum absolute atomic E-state index is 0.158. The van der Waals surface area contributed by atoms with Crippen molar-refractivity contribution in [2.24, 2.45) is 0 Å². The summed E-state index contributed by atoms with van der Waals surface area (Å²) in [5, 5.41) is 0. The molecular formula is C9H15BrO2. The van der Waals surface area contributed by atoms with Crippen molar-refractivity contribution in [2.75, 3.05) is 6.61 Å². The molecule has 0 radical (unpaired) electrons. The first-order valence-electron chi connectivity index (χ1n) is 4.14. The molecule has 0 saturated heterocycles. The quantitative estimate of drug-likeness (QED) is 0.695. The van der Waals surface area contributed by atoms with Gasteiger partial charge in [-0.2, -0.15) is 0 Å². The van der Waals surface area contributed by atoms with E-state index in [1.807, 2.05) is 20.8 Å². The van der Waals surface area contributed by atoms with Gasteiger partial charge in [-0.05, 0) is 27.2 Å². The molecule has 12 heavy (non-hydrogen) atoms. The van der Waals surface area contributed by atoms with Crippen LogP contribution in [0, 0.1) is 0 Å². The van der Waals surface area contributed by atoms with Crippen molar-refractivity contribution in [3.8, 4) is 0 Å². The number of hydrogen-bond acceptors (Lipinski definition) is 2. The van der Waals surface area contributed by atoms with Crippen molar-refractivity contribution < 1.29 is 9.47 Å². The van der Waals surface area contributed by atoms with Crippen LogP contribution < -0.4 is 0 Å². The van der Waals surface area contributed by atoms with Crippen LogP contribution in [0.2, 0.25) is 0 Å². The maximum absolute atomic E-state index is 5.65. The molecule has 1 aliphatic heterocycles. The van der Waals surface area contributed by atoms with Gasteiger partial charge >= 0.3 is 0 Å². The summed E-state index contributed by atoms with van der Waals surface area (Å²) in [6.07, 6.45) is 2.85. The first-order chi connectivity index (χ1) is 5.49. The second kappa shape index (κ2) is 3.90. The highest BCUT2D eigenvalue weighted by Crippen LogP contribution is 2.24. The molecule has 2 nitrogen and oxygen atoms in total. The molecule has 0 spiro atoms. The Kier molecular flexibility index (Phi) is 3.32. The van der Waals surface area contributed by atoms with Crippen LogP contribution >= 0.6 is 15.9 Å². The van der Waals surface area contributed by atoms with E-state index in [0.717, 1.165) is 17.5 Å². The van der Waals surface area contributed by atoms with Crippen molar-refractivity contribution >= 4 is 15.9 Å². The molecule has 0 saturated carbocycles. The zero-order valence-corrected chi connectivity index (χ0v) is 9.35. The van der Waals surface area contributed by atoms with Gasteiger partial charge in [-0.25, -0.2) is 0 Å². The van der Waals surface area contributed by atoms with Gasteiger partial charge in [0, 0.05) is 4.48 Å². The Balaban J connectivity index is 2.52. The third kappa shape index (κ3) is 3.25. The van der Waals surface area contributed by atoms with Crippen LogP contribution in [0.15, 0.2) is 10.6 Å². The van der Waals surface area contributed by atoms with Crippen LogP contribution in [-0.2, 0) is 9.47 Å². The van der Waals surface area contributed by atoms with Gasteiger partial charge in [0.15, 0.2) is 6.29 Å². The topological polar surface area (TPSA) is 18.5 Å². The molecule has 0 bridgehead atoms. The summed E-state index contributed by atoms with van der Waals surface area (Å²) < 4.78 is 12.1. The van der Waals surface area contributed by atoms with Gasteiger partial charge in [0.2, 0.25) is 0 Å². The van der Waals surface area contributed by atoms with E-state index in [-0.39, 0.29) is 11.9 Å². The van der Waals surface area contributed by atoms with Crippen LogP contribution in [0.25, 0.3) is 0 Å². The molecule has 0 aromatic heterocycles. The molecule has 0 aromatic rings. The zero-order chi connectivity index (χ0) is 9.19. The van der Waals surface area contributed by atoms with Crippen molar-refractivity contribution in [1.29, 1.82) is 0 Å². The lowest BCUT2D eigenvalue weighted by molar-refractivity contribution is -0.173. The van der Waals surface area contributed by atoms with Gasteiger partial charge in [-0.15, -0.1) is 0 Å². The fourth-order valence-corrected chi connectivity index (χ4v) is 1.41. The van der Waals surface area contributed by atoms with Crippen LogP contribution in [0.3, 0.4) is 0 Å². The molecule has 1 rings (SSSR count). The van der Waals surface area contributed by atoms with Gasteiger partial charge in [0.05, 0.1) is 12.2 Å². The van der Waals surface area contributed by atoms with E-state index in [9.17, 15) is 0 Å². The average molecular weight is 235 g/mol. The van der Waals surface area contributed by atoms with Crippen LogP contribution in [0.5, 0.6) is 0 Å². The fraction of sp³-hybridized carbons (Fsp3) is 0.778. The van der Waals surface area contributed by atoms with Gasteiger partial charge in [-0.3, -0.25) is 0 Å². The summed E-state index contributed by atoms with van der Waals surface area (Å²) >= 11 is 3.42. The van der Waals surface area contributed by atoms with E-state index >= 15 is 0 Å². The maximum atomic E-state index is 5.65. The lowest BCUT2D eigenvalue weighted by atomic mass is 10.2. The van der Waals surface area contributed by atoms with Gasteiger partial charge in [0.1, 0.15) is 0 Å². The highest BCUT2D eigenvalue weighted by Gasteiger charge is 2.23. The smallest absolute Gasteiger partial charge is 0.190 e. The molecule has 0 N–H and O–H groups in total. The van der Waals surface area contributed by atoms with Crippen LogP contribution in [-0.4, -0.2) is 18.5 Å². The molecule has 3 heteroatoms. The third-order valence-electron chi connectivity index (χ3n) is 1.41. The summed E-state index contributed by atoms with van der Waals surface area (Å²) in [4.78, 5) is 0.